The summed E-state index contributed by atoms with van der Waals surface area (Å²) in [6.45, 7) is -1.08. The molecule has 1 aromatic carbocycles. The van der Waals surface area contributed by atoms with Crippen LogP contribution in [0.25, 0.3) is 0 Å². The molecule has 1 aliphatic rings. The minimum absolute atomic E-state index is 0.338. The molecule has 0 spiro atoms. The summed E-state index contributed by atoms with van der Waals surface area (Å²) in [4.78, 5) is 13.8. The Morgan fingerprint density at radius 1 is 1.42 bits per heavy atom. The van der Waals surface area contributed by atoms with E-state index in [-0.39, 0.29) is 0 Å². The molecule has 1 aromatic rings. The first-order valence-corrected chi connectivity index (χ1v) is 5.58. The molecule has 0 saturated carbocycles. The highest BCUT2D eigenvalue weighted by Crippen LogP contribution is 2.37. The zero-order valence-corrected chi connectivity index (χ0v) is 10.4. The zero-order valence-electron chi connectivity index (χ0n) is 10.4. The molecule has 104 valence electrons. The second-order valence-corrected chi connectivity index (χ2v) is 4.51. The number of likely N-dealkylation sites (N-methyl/N-ethyl adjacent to an activating group) is 1. The average Bonchev–Trinajstić information content (AvgIpc) is 2.52. The van der Waals surface area contributed by atoms with Crippen molar-refractivity contribution in [2.24, 2.45) is 0 Å². The molecule has 1 heterocycles. The highest BCUT2D eigenvalue weighted by atomic mass is 19.4. The molecular weight excluding hydrogens is 261 g/mol. The topological polar surface area (TPSA) is 43.8 Å². The van der Waals surface area contributed by atoms with E-state index in [2.05, 4.69) is 0 Å². The van der Waals surface area contributed by atoms with Gasteiger partial charge in [-0.3, -0.25) is 4.79 Å². The fraction of sp³-hybridized carbons (Fsp3) is 0.417. The molecule has 0 aromatic heterocycles. The monoisotopic (exact) mass is 274 g/mol. The van der Waals surface area contributed by atoms with Gasteiger partial charge in [-0.05, 0) is 12.1 Å². The van der Waals surface area contributed by atoms with Crippen LogP contribution in [0.2, 0.25) is 0 Å². The standard InChI is InChI=1S/C12H13F3N2O2/c1-16(6-12(13,14)15)7-3-4-8-9(5-7)17(2)11(19)10(8)18/h3-5,10,18H,6H2,1-2H3. The number of amides is 1. The fourth-order valence-electron chi connectivity index (χ4n) is 2.09. The number of halogens is 3. The normalized spacial score (nSPS) is 18.7. The SMILES string of the molecule is CN(CC(F)(F)F)c1ccc2c(c1)N(C)C(=O)C2O. The third-order valence-corrected chi connectivity index (χ3v) is 3.09. The Morgan fingerprint density at radius 3 is 2.63 bits per heavy atom. The summed E-state index contributed by atoms with van der Waals surface area (Å²) in [5, 5.41) is 9.65. The first-order valence-electron chi connectivity index (χ1n) is 5.58. The summed E-state index contributed by atoms with van der Waals surface area (Å²) in [7, 11) is 2.80. The molecular formula is C12H13F3N2O2. The van der Waals surface area contributed by atoms with E-state index < -0.39 is 24.7 Å². The molecule has 1 atom stereocenters. The molecule has 4 nitrogen and oxygen atoms in total. The van der Waals surface area contributed by atoms with Crippen molar-refractivity contribution in [3.05, 3.63) is 23.8 Å². The van der Waals surface area contributed by atoms with Crippen LogP contribution in [0.3, 0.4) is 0 Å². The van der Waals surface area contributed by atoms with E-state index in [1.807, 2.05) is 0 Å². The average molecular weight is 274 g/mol. The van der Waals surface area contributed by atoms with Crippen molar-refractivity contribution < 1.29 is 23.1 Å². The Labute approximate surface area is 108 Å². The van der Waals surface area contributed by atoms with E-state index in [1.54, 1.807) is 0 Å². The molecule has 0 saturated heterocycles. The lowest BCUT2D eigenvalue weighted by atomic mass is 10.1. The molecule has 1 amide bonds. The Kier molecular flexibility index (Phi) is 3.17. The van der Waals surface area contributed by atoms with E-state index in [1.165, 1.54) is 37.2 Å². The molecule has 19 heavy (non-hydrogen) atoms. The van der Waals surface area contributed by atoms with Crippen molar-refractivity contribution in [1.29, 1.82) is 0 Å². The number of fused-ring (bicyclic) bond motifs is 1. The summed E-state index contributed by atoms with van der Waals surface area (Å²) in [6, 6.07) is 4.40. The lowest BCUT2D eigenvalue weighted by Gasteiger charge is -2.22. The van der Waals surface area contributed by atoms with Crippen LogP contribution in [0.5, 0.6) is 0 Å². The number of rotatable bonds is 2. The summed E-state index contributed by atoms with van der Waals surface area (Å²) in [6.07, 6.45) is -5.53. The Balaban J connectivity index is 2.30. The van der Waals surface area contributed by atoms with Gasteiger partial charge in [-0.25, -0.2) is 0 Å². The van der Waals surface area contributed by atoms with Crippen LogP contribution >= 0.6 is 0 Å². The van der Waals surface area contributed by atoms with Crippen LogP contribution in [-0.2, 0) is 4.79 Å². The van der Waals surface area contributed by atoms with Gasteiger partial charge in [-0.1, -0.05) is 6.07 Å². The van der Waals surface area contributed by atoms with Gasteiger partial charge < -0.3 is 14.9 Å². The van der Waals surface area contributed by atoms with Crippen molar-refractivity contribution >= 4 is 17.3 Å². The van der Waals surface area contributed by atoms with Crippen LogP contribution in [0.15, 0.2) is 18.2 Å². The van der Waals surface area contributed by atoms with Crippen molar-refractivity contribution in [2.75, 3.05) is 30.4 Å². The van der Waals surface area contributed by atoms with Gasteiger partial charge in [-0.2, -0.15) is 13.2 Å². The highest BCUT2D eigenvalue weighted by Gasteiger charge is 2.34. The number of aliphatic hydroxyl groups is 1. The molecule has 7 heteroatoms. The quantitative estimate of drug-likeness (QED) is 0.892. The molecule has 1 N–H and O–H groups in total. The maximum Gasteiger partial charge on any atom is 0.405 e. The summed E-state index contributed by atoms with van der Waals surface area (Å²) >= 11 is 0. The van der Waals surface area contributed by atoms with Crippen molar-refractivity contribution in [3.63, 3.8) is 0 Å². The lowest BCUT2D eigenvalue weighted by Crippen LogP contribution is -2.31. The maximum atomic E-state index is 12.3. The second-order valence-electron chi connectivity index (χ2n) is 4.51. The first-order chi connectivity index (χ1) is 8.70. The largest absolute Gasteiger partial charge is 0.405 e. The van der Waals surface area contributed by atoms with Crippen LogP contribution in [0, 0.1) is 0 Å². The Hall–Kier alpha value is -1.76. The van der Waals surface area contributed by atoms with E-state index in [9.17, 15) is 23.1 Å². The van der Waals surface area contributed by atoms with Gasteiger partial charge in [0.1, 0.15) is 6.54 Å². The summed E-state index contributed by atoms with van der Waals surface area (Å²) in [5.41, 5.74) is 1.19. The number of alkyl halides is 3. The number of nitrogens with zero attached hydrogens (tertiary/aromatic N) is 2. The number of benzene rings is 1. The predicted molar refractivity (Wildman–Crippen MR) is 64.1 cm³/mol. The van der Waals surface area contributed by atoms with Crippen molar-refractivity contribution in [3.8, 4) is 0 Å². The van der Waals surface area contributed by atoms with Crippen molar-refractivity contribution in [1.82, 2.24) is 0 Å². The Morgan fingerprint density at radius 2 is 2.05 bits per heavy atom. The Bertz CT molecular complexity index is 516. The minimum Gasteiger partial charge on any atom is -0.378 e. The summed E-state index contributed by atoms with van der Waals surface area (Å²) in [5.74, 6) is -0.481. The van der Waals surface area contributed by atoms with Crippen LogP contribution in [0.1, 0.15) is 11.7 Å². The third kappa shape index (κ3) is 2.51. The summed E-state index contributed by atoms with van der Waals surface area (Å²) < 4.78 is 37.0. The molecule has 0 fully saturated rings. The molecule has 1 aliphatic heterocycles. The molecule has 2 rings (SSSR count). The zero-order chi connectivity index (χ0) is 14.4. The van der Waals surface area contributed by atoms with Gasteiger partial charge in [0.05, 0.1) is 5.69 Å². The highest BCUT2D eigenvalue weighted by molar-refractivity contribution is 6.03. The molecule has 1 unspecified atom stereocenters. The van der Waals surface area contributed by atoms with Gasteiger partial charge >= 0.3 is 6.18 Å². The van der Waals surface area contributed by atoms with Crippen LogP contribution in [-0.4, -0.2) is 37.8 Å². The number of carbonyl (C=O) groups excluding carboxylic acids is 1. The van der Waals surface area contributed by atoms with E-state index in [0.29, 0.717) is 16.9 Å². The smallest absolute Gasteiger partial charge is 0.378 e. The minimum atomic E-state index is -4.30. The number of carbonyl (C=O) groups is 1. The van der Waals surface area contributed by atoms with Crippen molar-refractivity contribution in [2.45, 2.75) is 12.3 Å². The molecule has 0 aliphatic carbocycles. The predicted octanol–water partition coefficient (Wildman–Crippen LogP) is 1.69. The van der Waals surface area contributed by atoms with E-state index in [0.717, 1.165) is 4.90 Å². The lowest BCUT2D eigenvalue weighted by molar-refractivity contribution is -0.125. The number of aliphatic hydroxyl groups excluding tert-OH is 1. The maximum absolute atomic E-state index is 12.3. The number of anilines is 2. The van der Waals surface area contributed by atoms with E-state index in [4.69, 9.17) is 0 Å². The van der Waals surface area contributed by atoms with E-state index >= 15 is 0 Å². The number of hydrogen-bond acceptors (Lipinski definition) is 3. The number of hydrogen-bond donors (Lipinski definition) is 1. The van der Waals surface area contributed by atoms with Gasteiger partial charge in [0.2, 0.25) is 0 Å². The molecule has 0 radical (unpaired) electrons. The van der Waals surface area contributed by atoms with Gasteiger partial charge in [-0.15, -0.1) is 0 Å². The van der Waals surface area contributed by atoms with Gasteiger partial charge in [0.15, 0.2) is 6.10 Å². The first kappa shape index (κ1) is 13.7. The second kappa shape index (κ2) is 4.41. The molecule has 0 bridgehead atoms. The fourth-order valence-corrected chi connectivity index (χ4v) is 2.09. The van der Waals surface area contributed by atoms with Gasteiger partial charge in [0.25, 0.3) is 5.91 Å². The third-order valence-electron chi connectivity index (χ3n) is 3.09. The van der Waals surface area contributed by atoms with Crippen LogP contribution < -0.4 is 9.80 Å². The van der Waals surface area contributed by atoms with Crippen LogP contribution in [0.4, 0.5) is 24.5 Å². The van der Waals surface area contributed by atoms with Gasteiger partial charge in [0, 0.05) is 25.3 Å².